The first-order valence-corrected chi connectivity index (χ1v) is 6.61. The number of benzene rings is 1. The Balaban J connectivity index is 1.79. The van der Waals surface area contributed by atoms with Crippen LogP contribution in [0.15, 0.2) is 47.1 Å². The molecule has 0 spiro atoms. The summed E-state index contributed by atoms with van der Waals surface area (Å²) in [5.74, 6) is 0.785. The molecule has 1 aliphatic rings. The van der Waals surface area contributed by atoms with Crippen molar-refractivity contribution in [3.05, 3.63) is 59.5 Å². The predicted octanol–water partition coefficient (Wildman–Crippen LogP) is 2.96. The van der Waals surface area contributed by atoms with Crippen molar-refractivity contribution in [1.82, 2.24) is 4.90 Å². The van der Waals surface area contributed by atoms with Crippen LogP contribution < -0.4 is 0 Å². The van der Waals surface area contributed by atoms with Gasteiger partial charge in [-0.15, -0.1) is 0 Å². The third-order valence-corrected chi connectivity index (χ3v) is 3.42. The van der Waals surface area contributed by atoms with Crippen molar-refractivity contribution >= 4 is 5.91 Å². The van der Waals surface area contributed by atoms with E-state index in [1.807, 2.05) is 17.0 Å². The van der Waals surface area contributed by atoms with E-state index in [0.717, 1.165) is 18.6 Å². The van der Waals surface area contributed by atoms with Gasteiger partial charge in [0.1, 0.15) is 5.76 Å². The van der Waals surface area contributed by atoms with Gasteiger partial charge >= 0.3 is 0 Å². The van der Waals surface area contributed by atoms with Crippen LogP contribution in [0, 0.1) is 11.3 Å². The smallest absolute Gasteiger partial charge is 0.254 e. The molecular weight excluding hydrogens is 252 g/mol. The first kappa shape index (κ1) is 12.5. The fourth-order valence-corrected chi connectivity index (χ4v) is 2.18. The molecular formula is C16H14N2O2. The first-order chi connectivity index (χ1) is 9.78. The number of furan rings is 1. The summed E-state index contributed by atoms with van der Waals surface area (Å²) in [6.07, 6.45) is 3.71. The van der Waals surface area contributed by atoms with Crippen molar-refractivity contribution in [2.75, 3.05) is 0 Å². The first-order valence-electron chi connectivity index (χ1n) is 6.61. The molecule has 0 unspecified atom stereocenters. The topological polar surface area (TPSA) is 57.2 Å². The van der Waals surface area contributed by atoms with E-state index in [1.54, 1.807) is 30.5 Å². The van der Waals surface area contributed by atoms with Crippen molar-refractivity contribution < 1.29 is 9.21 Å². The van der Waals surface area contributed by atoms with Gasteiger partial charge in [0.2, 0.25) is 0 Å². The Morgan fingerprint density at radius 2 is 2.05 bits per heavy atom. The molecule has 100 valence electrons. The van der Waals surface area contributed by atoms with Gasteiger partial charge in [0, 0.05) is 11.6 Å². The molecule has 0 bridgehead atoms. The normalized spacial score (nSPS) is 13.8. The van der Waals surface area contributed by atoms with Crippen LogP contribution in [0.3, 0.4) is 0 Å². The molecule has 20 heavy (non-hydrogen) atoms. The monoisotopic (exact) mass is 266 g/mol. The fraction of sp³-hybridized carbons (Fsp3) is 0.250. The SMILES string of the molecule is N#Cc1ccc(C(=O)N(Cc2ccco2)C2CC2)cc1. The van der Waals surface area contributed by atoms with Crippen LogP contribution in [0.5, 0.6) is 0 Å². The summed E-state index contributed by atoms with van der Waals surface area (Å²) in [5.41, 5.74) is 1.17. The minimum atomic E-state index is -0.00612. The van der Waals surface area contributed by atoms with E-state index in [1.165, 1.54) is 0 Å². The number of carbonyl (C=O) groups excluding carboxylic acids is 1. The van der Waals surface area contributed by atoms with Gasteiger partial charge in [0.25, 0.3) is 5.91 Å². The molecule has 1 aromatic carbocycles. The van der Waals surface area contributed by atoms with Gasteiger partial charge in [-0.2, -0.15) is 5.26 Å². The highest BCUT2D eigenvalue weighted by Gasteiger charge is 2.33. The molecule has 3 rings (SSSR count). The number of hydrogen-bond donors (Lipinski definition) is 0. The Morgan fingerprint density at radius 3 is 2.60 bits per heavy atom. The Morgan fingerprint density at radius 1 is 1.30 bits per heavy atom. The molecule has 2 aromatic rings. The molecule has 4 heteroatoms. The number of nitriles is 1. The van der Waals surface area contributed by atoms with E-state index in [9.17, 15) is 4.79 Å². The summed E-state index contributed by atoms with van der Waals surface area (Å²) in [6.45, 7) is 0.497. The van der Waals surface area contributed by atoms with Gasteiger partial charge in [-0.05, 0) is 49.2 Å². The zero-order valence-electron chi connectivity index (χ0n) is 11.0. The average Bonchev–Trinajstić information content (AvgIpc) is 3.21. The lowest BCUT2D eigenvalue weighted by Crippen LogP contribution is -2.32. The second-order valence-corrected chi connectivity index (χ2v) is 4.93. The minimum Gasteiger partial charge on any atom is -0.467 e. The summed E-state index contributed by atoms with van der Waals surface area (Å²) in [4.78, 5) is 14.4. The molecule has 1 aliphatic carbocycles. The van der Waals surface area contributed by atoms with Crippen molar-refractivity contribution in [3.8, 4) is 6.07 Å². The van der Waals surface area contributed by atoms with Crippen LogP contribution in [0.2, 0.25) is 0 Å². The number of hydrogen-bond acceptors (Lipinski definition) is 3. The summed E-state index contributed by atoms with van der Waals surface area (Å²) >= 11 is 0. The molecule has 1 heterocycles. The maximum Gasteiger partial charge on any atom is 0.254 e. The zero-order chi connectivity index (χ0) is 13.9. The number of carbonyl (C=O) groups is 1. The molecule has 0 saturated heterocycles. The van der Waals surface area contributed by atoms with Crippen LogP contribution in [0.25, 0.3) is 0 Å². The van der Waals surface area contributed by atoms with Crippen molar-refractivity contribution in [1.29, 1.82) is 5.26 Å². The molecule has 0 atom stereocenters. The van der Waals surface area contributed by atoms with Crippen LogP contribution in [-0.4, -0.2) is 16.8 Å². The van der Waals surface area contributed by atoms with E-state index in [0.29, 0.717) is 23.7 Å². The van der Waals surface area contributed by atoms with Crippen LogP contribution in [0.1, 0.15) is 34.5 Å². The summed E-state index contributed by atoms with van der Waals surface area (Å²) in [6, 6.07) is 12.8. The van der Waals surface area contributed by atoms with E-state index in [2.05, 4.69) is 6.07 Å². The largest absolute Gasteiger partial charge is 0.467 e. The molecule has 0 N–H and O–H groups in total. The Kier molecular flexibility index (Phi) is 3.26. The average molecular weight is 266 g/mol. The van der Waals surface area contributed by atoms with E-state index in [4.69, 9.17) is 9.68 Å². The molecule has 0 radical (unpaired) electrons. The molecule has 1 fully saturated rings. The highest BCUT2D eigenvalue weighted by atomic mass is 16.3. The van der Waals surface area contributed by atoms with E-state index < -0.39 is 0 Å². The maximum atomic E-state index is 12.6. The van der Waals surface area contributed by atoms with Crippen molar-refractivity contribution in [2.24, 2.45) is 0 Å². The minimum absolute atomic E-state index is 0.00612. The third kappa shape index (κ3) is 2.57. The Hall–Kier alpha value is -2.54. The van der Waals surface area contributed by atoms with E-state index in [-0.39, 0.29) is 5.91 Å². The van der Waals surface area contributed by atoms with Crippen LogP contribution >= 0.6 is 0 Å². The number of amides is 1. The summed E-state index contributed by atoms with van der Waals surface area (Å²) in [7, 11) is 0. The van der Waals surface area contributed by atoms with Gasteiger partial charge < -0.3 is 9.32 Å². The van der Waals surface area contributed by atoms with Gasteiger partial charge in [0.05, 0.1) is 24.4 Å². The van der Waals surface area contributed by atoms with Crippen LogP contribution in [-0.2, 0) is 6.54 Å². The standard InChI is InChI=1S/C16H14N2O2/c17-10-12-3-5-13(6-4-12)16(19)18(14-7-8-14)11-15-2-1-9-20-15/h1-6,9,14H,7-8,11H2. The van der Waals surface area contributed by atoms with E-state index >= 15 is 0 Å². The van der Waals surface area contributed by atoms with Gasteiger partial charge in [0.15, 0.2) is 0 Å². The van der Waals surface area contributed by atoms with Gasteiger partial charge in [-0.1, -0.05) is 0 Å². The number of nitrogens with zero attached hydrogens (tertiary/aromatic N) is 2. The second-order valence-electron chi connectivity index (χ2n) is 4.93. The molecule has 0 aliphatic heterocycles. The lowest BCUT2D eigenvalue weighted by atomic mass is 10.1. The third-order valence-electron chi connectivity index (χ3n) is 3.42. The van der Waals surface area contributed by atoms with Crippen molar-refractivity contribution in [3.63, 3.8) is 0 Å². The molecule has 1 amide bonds. The quantitative estimate of drug-likeness (QED) is 0.854. The van der Waals surface area contributed by atoms with Gasteiger partial charge in [-0.3, -0.25) is 4.79 Å². The lowest BCUT2D eigenvalue weighted by molar-refractivity contribution is 0.0717. The highest BCUT2D eigenvalue weighted by Crippen LogP contribution is 2.30. The molecule has 4 nitrogen and oxygen atoms in total. The lowest BCUT2D eigenvalue weighted by Gasteiger charge is -2.21. The fourth-order valence-electron chi connectivity index (χ4n) is 2.18. The number of rotatable bonds is 4. The summed E-state index contributed by atoms with van der Waals surface area (Å²) < 4.78 is 5.33. The molecule has 1 saturated carbocycles. The predicted molar refractivity (Wildman–Crippen MR) is 72.8 cm³/mol. The Bertz CT molecular complexity index is 634. The highest BCUT2D eigenvalue weighted by molar-refractivity contribution is 5.94. The Labute approximate surface area is 117 Å². The van der Waals surface area contributed by atoms with Crippen molar-refractivity contribution in [2.45, 2.75) is 25.4 Å². The summed E-state index contributed by atoms with van der Waals surface area (Å²) in [5, 5.41) is 8.79. The molecule has 1 aromatic heterocycles. The van der Waals surface area contributed by atoms with Gasteiger partial charge in [-0.25, -0.2) is 0 Å². The maximum absolute atomic E-state index is 12.6. The zero-order valence-corrected chi connectivity index (χ0v) is 11.0. The van der Waals surface area contributed by atoms with Crippen LogP contribution in [0.4, 0.5) is 0 Å². The second kappa shape index (κ2) is 5.22.